The van der Waals surface area contributed by atoms with Crippen LogP contribution in [0.4, 0.5) is 4.79 Å². The van der Waals surface area contributed by atoms with Crippen molar-refractivity contribution in [1.29, 1.82) is 0 Å². The van der Waals surface area contributed by atoms with Crippen LogP contribution in [0.25, 0.3) is 0 Å². The predicted molar refractivity (Wildman–Crippen MR) is 52.7 cm³/mol. The molecular weight excluding hydrogens is 218 g/mol. The van der Waals surface area contributed by atoms with E-state index in [1.807, 2.05) is 6.92 Å². The van der Waals surface area contributed by atoms with E-state index < -0.39 is 0 Å². The summed E-state index contributed by atoms with van der Waals surface area (Å²) in [5.41, 5.74) is 0. The first-order valence-electron chi connectivity index (χ1n) is 4.60. The molecule has 8 heteroatoms. The fourth-order valence-electron chi connectivity index (χ4n) is 1.43. The monoisotopic (exact) mass is 229 g/mol. The predicted octanol–water partition coefficient (Wildman–Crippen LogP) is 0.176. The number of tetrazole rings is 1. The van der Waals surface area contributed by atoms with E-state index >= 15 is 0 Å². The van der Waals surface area contributed by atoms with Gasteiger partial charge in [0.2, 0.25) is 4.77 Å². The van der Waals surface area contributed by atoms with E-state index in [-0.39, 0.29) is 12.2 Å². The van der Waals surface area contributed by atoms with E-state index in [0.717, 1.165) is 0 Å². The smallest absolute Gasteiger partial charge is 0.410 e. The van der Waals surface area contributed by atoms with Crippen molar-refractivity contribution in [3.63, 3.8) is 0 Å². The second kappa shape index (κ2) is 3.97. The van der Waals surface area contributed by atoms with Crippen LogP contribution in [0.5, 0.6) is 0 Å². The third kappa shape index (κ3) is 2.14. The highest BCUT2D eigenvalue weighted by atomic mass is 32.1. The number of hydrogen-bond acceptors (Lipinski definition) is 5. The fourth-order valence-corrected chi connectivity index (χ4v) is 1.61. The Morgan fingerprint density at radius 3 is 3.00 bits per heavy atom. The molecule has 7 nitrogen and oxygen atoms in total. The van der Waals surface area contributed by atoms with Gasteiger partial charge in [0.15, 0.2) is 0 Å². The topological polar surface area (TPSA) is 76.0 Å². The van der Waals surface area contributed by atoms with E-state index in [1.165, 1.54) is 0 Å². The summed E-state index contributed by atoms with van der Waals surface area (Å²) in [6.45, 7) is 3.57. The van der Waals surface area contributed by atoms with Crippen LogP contribution in [0.15, 0.2) is 0 Å². The van der Waals surface area contributed by atoms with Crippen LogP contribution in [-0.2, 0) is 11.3 Å². The van der Waals surface area contributed by atoms with Gasteiger partial charge in [0.1, 0.15) is 6.10 Å². The molecule has 1 fully saturated rings. The molecule has 1 aliphatic heterocycles. The van der Waals surface area contributed by atoms with Gasteiger partial charge >= 0.3 is 6.09 Å². The first-order chi connectivity index (χ1) is 7.16. The van der Waals surface area contributed by atoms with Crippen LogP contribution in [0.3, 0.4) is 0 Å². The van der Waals surface area contributed by atoms with Gasteiger partial charge in [0, 0.05) is 6.54 Å². The molecule has 1 aliphatic rings. The van der Waals surface area contributed by atoms with Gasteiger partial charge in [0.05, 0.1) is 13.1 Å². The van der Waals surface area contributed by atoms with Gasteiger partial charge < -0.3 is 9.64 Å². The Bertz CT molecular complexity index is 414. The zero-order valence-electron chi connectivity index (χ0n) is 8.21. The molecule has 2 rings (SSSR count). The van der Waals surface area contributed by atoms with Gasteiger partial charge in [-0.1, -0.05) is 10.3 Å². The van der Waals surface area contributed by atoms with Crippen LogP contribution in [0.2, 0.25) is 0 Å². The maximum atomic E-state index is 11.3. The van der Waals surface area contributed by atoms with Crippen molar-refractivity contribution in [2.45, 2.75) is 19.6 Å². The van der Waals surface area contributed by atoms with E-state index in [2.05, 4.69) is 15.5 Å². The largest absolute Gasteiger partial charge is 0.445 e. The zero-order chi connectivity index (χ0) is 10.8. The zero-order valence-corrected chi connectivity index (χ0v) is 9.03. The molecule has 0 spiro atoms. The van der Waals surface area contributed by atoms with Crippen molar-refractivity contribution in [3.05, 3.63) is 4.77 Å². The molecule has 1 aromatic rings. The number of ether oxygens (including phenoxy) is 1. The molecule has 15 heavy (non-hydrogen) atoms. The quantitative estimate of drug-likeness (QED) is 0.748. The van der Waals surface area contributed by atoms with Gasteiger partial charge in [-0.25, -0.2) is 9.48 Å². The first-order valence-corrected chi connectivity index (χ1v) is 5.01. The molecule has 0 bridgehead atoms. The van der Waals surface area contributed by atoms with Gasteiger partial charge in [-0.15, -0.1) is 0 Å². The van der Waals surface area contributed by atoms with Crippen molar-refractivity contribution in [3.8, 4) is 0 Å². The third-order valence-corrected chi connectivity index (χ3v) is 2.47. The summed E-state index contributed by atoms with van der Waals surface area (Å²) in [6.07, 6.45) is -0.313. The summed E-state index contributed by atoms with van der Waals surface area (Å²) in [5, 5.41) is 9.81. The number of nitrogens with zero attached hydrogens (tertiary/aromatic N) is 4. The standard InChI is InChI=1S/C7H11N5O2S/c1-5-4-11(7(13)14-5)2-3-12-6(15)8-9-10-12/h5H,2-4H2,1H3,(H,8,10,15). The van der Waals surface area contributed by atoms with Crippen molar-refractivity contribution in [2.24, 2.45) is 0 Å². The molecule has 1 atom stereocenters. The number of carbonyl (C=O) groups excluding carboxylic acids is 1. The summed E-state index contributed by atoms with van der Waals surface area (Å²) < 4.78 is 6.97. The third-order valence-electron chi connectivity index (χ3n) is 2.16. The van der Waals surface area contributed by atoms with E-state index in [9.17, 15) is 4.79 Å². The molecule has 0 saturated carbocycles. The molecule has 0 radical (unpaired) electrons. The minimum Gasteiger partial charge on any atom is -0.445 e. The number of aromatic amines is 1. The molecule has 1 saturated heterocycles. The second-order valence-electron chi connectivity index (χ2n) is 3.37. The van der Waals surface area contributed by atoms with Gasteiger partial charge in [0.25, 0.3) is 0 Å². The average Bonchev–Trinajstić information content (AvgIpc) is 2.70. The average molecular weight is 229 g/mol. The Morgan fingerprint density at radius 1 is 1.67 bits per heavy atom. The Hall–Kier alpha value is -1.44. The lowest BCUT2D eigenvalue weighted by atomic mass is 10.4. The van der Waals surface area contributed by atoms with Crippen LogP contribution in [0, 0.1) is 4.77 Å². The Balaban J connectivity index is 1.92. The highest BCUT2D eigenvalue weighted by Gasteiger charge is 2.27. The number of cyclic esters (lactones) is 1. The highest BCUT2D eigenvalue weighted by Crippen LogP contribution is 2.09. The minimum atomic E-state index is -0.276. The van der Waals surface area contributed by atoms with Crippen molar-refractivity contribution in [2.75, 3.05) is 13.1 Å². The number of hydrogen-bond donors (Lipinski definition) is 1. The maximum absolute atomic E-state index is 11.3. The van der Waals surface area contributed by atoms with Gasteiger partial charge in [-0.2, -0.15) is 5.21 Å². The normalized spacial score (nSPS) is 20.7. The molecule has 1 amide bonds. The molecule has 0 aromatic carbocycles. The number of rotatable bonds is 3. The van der Waals surface area contributed by atoms with Crippen LogP contribution in [0.1, 0.15) is 6.92 Å². The van der Waals surface area contributed by atoms with E-state index in [4.69, 9.17) is 17.0 Å². The number of nitrogens with one attached hydrogen (secondary N) is 1. The molecular formula is C7H11N5O2S. The lowest BCUT2D eigenvalue weighted by Crippen LogP contribution is -2.29. The summed E-state index contributed by atoms with van der Waals surface area (Å²) in [7, 11) is 0. The van der Waals surface area contributed by atoms with Crippen LogP contribution in [-0.4, -0.2) is 50.4 Å². The lowest BCUT2D eigenvalue weighted by molar-refractivity contribution is 0.138. The summed E-state index contributed by atoms with van der Waals surface area (Å²) >= 11 is 4.90. The van der Waals surface area contributed by atoms with Crippen LogP contribution >= 0.6 is 12.2 Å². The van der Waals surface area contributed by atoms with Crippen molar-refractivity contribution >= 4 is 18.3 Å². The second-order valence-corrected chi connectivity index (χ2v) is 3.74. The van der Waals surface area contributed by atoms with Crippen LogP contribution < -0.4 is 0 Å². The summed E-state index contributed by atoms with van der Waals surface area (Å²) in [6, 6.07) is 0. The van der Waals surface area contributed by atoms with E-state index in [0.29, 0.717) is 24.4 Å². The SMILES string of the molecule is CC1CN(CCn2[nH]nnc2=S)C(=O)O1. The summed E-state index contributed by atoms with van der Waals surface area (Å²) in [4.78, 5) is 12.9. The molecule has 1 N–H and O–H groups in total. The minimum absolute atomic E-state index is 0.0367. The Labute approximate surface area is 91.0 Å². The molecule has 1 unspecified atom stereocenters. The first kappa shape index (κ1) is 10.1. The molecule has 2 heterocycles. The Kier molecular flexibility index (Phi) is 2.67. The molecule has 0 aliphatic carbocycles. The van der Waals surface area contributed by atoms with E-state index in [1.54, 1.807) is 9.58 Å². The number of carbonyl (C=O) groups is 1. The molecule has 82 valence electrons. The lowest BCUT2D eigenvalue weighted by Gasteiger charge is -2.11. The van der Waals surface area contributed by atoms with Gasteiger partial charge in [-0.05, 0) is 19.1 Å². The molecule has 1 aromatic heterocycles. The van der Waals surface area contributed by atoms with Crippen molar-refractivity contribution in [1.82, 2.24) is 25.1 Å². The number of aromatic nitrogens is 4. The fraction of sp³-hybridized carbons (Fsp3) is 0.714. The van der Waals surface area contributed by atoms with Crippen molar-refractivity contribution < 1.29 is 9.53 Å². The number of H-pyrrole nitrogens is 1. The summed E-state index contributed by atoms with van der Waals surface area (Å²) in [5.74, 6) is 0. The number of amides is 1. The maximum Gasteiger partial charge on any atom is 0.410 e. The highest BCUT2D eigenvalue weighted by molar-refractivity contribution is 7.71. The van der Waals surface area contributed by atoms with Gasteiger partial charge in [-0.3, -0.25) is 0 Å². The Morgan fingerprint density at radius 2 is 2.47 bits per heavy atom.